The van der Waals surface area contributed by atoms with Crippen LogP contribution in [-0.2, 0) is 0 Å². The number of anilines is 1. The summed E-state index contributed by atoms with van der Waals surface area (Å²) in [5.41, 5.74) is 3.89. The Hall–Kier alpha value is -2.61. The predicted octanol–water partition coefficient (Wildman–Crippen LogP) is 5.52. The van der Waals surface area contributed by atoms with E-state index in [0.717, 1.165) is 22.0 Å². The van der Waals surface area contributed by atoms with Gasteiger partial charge in [-0.3, -0.25) is 4.79 Å². The van der Waals surface area contributed by atoms with Crippen LogP contribution >= 0.6 is 0 Å². The molecule has 0 bridgehead atoms. The predicted molar refractivity (Wildman–Crippen MR) is 97.2 cm³/mol. The minimum Gasteiger partial charge on any atom is -0.321 e. The largest absolute Gasteiger partial charge is 0.321 e. The molecule has 1 N–H and O–H groups in total. The highest BCUT2D eigenvalue weighted by Gasteiger charge is 2.14. The van der Waals surface area contributed by atoms with Gasteiger partial charge in [0.1, 0.15) is 0 Å². The molecule has 0 aliphatic rings. The fourth-order valence-electron chi connectivity index (χ4n) is 2.95. The first-order valence-electron chi connectivity index (χ1n) is 7.96. The number of benzene rings is 3. The number of amides is 1. The summed E-state index contributed by atoms with van der Waals surface area (Å²) in [5, 5.41) is 5.19. The van der Waals surface area contributed by atoms with E-state index >= 15 is 0 Å². The molecule has 3 rings (SSSR count). The van der Waals surface area contributed by atoms with Crippen molar-refractivity contribution in [1.29, 1.82) is 0 Å². The molecule has 23 heavy (non-hydrogen) atoms. The molecule has 2 heteroatoms. The lowest BCUT2D eigenvalue weighted by Crippen LogP contribution is -2.15. The van der Waals surface area contributed by atoms with Crippen molar-refractivity contribution >= 4 is 22.4 Å². The number of fused-ring (bicyclic) bond motifs is 1. The number of carbonyl (C=O) groups excluding carboxylic acids is 1. The second kappa shape index (κ2) is 6.25. The van der Waals surface area contributed by atoms with Crippen molar-refractivity contribution in [3.05, 3.63) is 77.4 Å². The summed E-state index contributed by atoms with van der Waals surface area (Å²) in [6.45, 7) is 6.31. The molecule has 0 fully saturated rings. The van der Waals surface area contributed by atoms with Gasteiger partial charge in [-0.25, -0.2) is 0 Å². The van der Waals surface area contributed by atoms with E-state index in [0.29, 0.717) is 11.5 Å². The van der Waals surface area contributed by atoms with Crippen molar-refractivity contribution in [3.8, 4) is 0 Å². The number of rotatable bonds is 3. The highest BCUT2D eigenvalue weighted by Crippen LogP contribution is 2.28. The maximum absolute atomic E-state index is 12.8. The van der Waals surface area contributed by atoms with Gasteiger partial charge in [0.25, 0.3) is 5.91 Å². The lowest BCUT2D eigenvalue weighted by molar-refractivity contribution is 0.102. The molecule has 0 spiro atoms. The number of para-hydroxylation sites is 1. The average Bonchev–Trinajstić information content (AvgIpc) is 2.55. The van der Waals surface area contributed by atoms with Crippen LogP contribution < -0.4 is 5.32 Å². The minimum atomic E-state index is -0.0574. The second-order valence-electron chi connectivity index (χ2n) is 6.17. The van der Waals surface area contributed by atoms with Crippen LogP contribution in [0.15, 0.2) is 60.7 Å². The molecular formula is C21H21NO. The van der Waals surface area contributed by atoms with E-state index in [1.165, 1.54) is 5.56 Å². The molecular weight excluding hydrogens is 282 g/mol. The van der Waals surface area contributed by atoms with Gasteiger partial charge < -0.3 is 5.32 Å². The first-order valence-corrected chi connectivity index (χ1v) is 7.96. The second-order valence-corrected chi connectivity index (χ2v) is 6.17. The normalized spacial score (nSPS) is 11.0. The lowest BCUT2D eigenvalue weighted by Gasteiger charge is -2.17. The molecule has 0 saturated heterocycles. The minimum absolute atomic E-state index is 0.0574. The SMILES string of the molecule is Cc1cccc(C(C)C)c1NC(=O)c1cccc2ccccc12. The zero-order valence-corrected chi connectivity index (χ0v) is 13.8. The van der Waals surface area contributed by atoms with Crippen molar-refractivity contribution in [1.82, 2.24) is 0 Å². The van der Waals surface area contributed by atoms with Crippen molar-refractivity contribution in [2.45, 2.75) is 26.7 Å². The van der Waals surface area contributed by atoms with Gasteiger partial charge in [0.2, 0.25) is 0 Å². The molecule has 0 radical (unpaired) electrons. The molecule has 116 valence electrons. The molecule has 3 aromatic carbocycles. The maximum Gasteiger partial charge on any atom is 0.256 e. The van der Waals surface area contributed by atoms with E-state index in [2.05, 4.69) is 25.2 Å². The standard InChI is InChI=1S/C21H21NO/c1-14(2)17-12-6-8-15(3)20(17)22-21(23)19-13-7-10-16-9-4-5-11-18(16)19/h4-14H,1-3H3,(H,22,23). The number of hydrogen-bond donors (Lipinski definition) is 1. The first-order chi connectivity index (χ1) is 11.1. The average molecular weight is 303 g/mol. The van der Waals surface area contributed by atoms with Gasteiger partial charge >= 0.3 is 0 Å². The van der Waals surface area contributed by atoms with E-state index in [9.17, 15) is 4.79 Å². The quantitative estimate of drug-likeness (QED) is 0.677. The lowest BCUT2D eigenvalue weighted by atomic mass is 9.97. The van der Waals surface area contributed by atoms with Gasteiger partial charge in [0, 0.05) is 11.3 Å². The van der Waals surface area contributed by atoms with Gasteiger partial charge in [-0.1, -0.05) is 68.4 Å². The zero-order chi connectivity index (χ0) is 16.4. The van der Waals surface area contributed by atoms with Gasteiger partial charge in [-0.15, -0.1) is 0 Å². The van der Waals surface area contributed by atoms with E-state index < -0.39 is 0 Å². The zero-order valence-electron chi connectivity index (χ0n) is 13.8. The Labute approximate surface area is 137 Å². The van der Waals surface area contributed by atoms with Crippen LogP contribution in [0.3, 0.4) is 0 Å². The monoisotopic (exact) mass is 303 g/mol. The molecule has 3 aromatic rings. The number of hydrogen-bond acceptors (Lipinski definition) is 1. The third-order valence-electron chi connectivity index (χ3n) is 4.20. The molecule has 0 atom stereocenters. The van der Waals surface area contributed by atoms with Crippen LogP contribution in [0.4, 0.5) is 5.69 Å². The maximum atomic E-state index is 12.8. The fourth-order valence-corrected chi connectivity index (χ4v) is 2.95. The highest BCUT2D eigenvalue weighted by molar-refractivity contribution is 6.13. The Kier molecular flexibility index (Phi) is 4.16. The van der Waals surface area contributed by atoms with Gasteiger partial charge in [-0.05, 0) is 40.8 Å². The van der Waals surface area contributed by atoms with Crippen LogP contribution in [0.5, 0.6) is 0 Å². The molecule has 0 aliphatic heterocycles. The summed E-state index contributed by atoms with van der Waals surface area (Å²) in [6, 6.07) is 20.0. The van der Waals surface area contributed by atoms with Crippen LogP contribution in [0, 0.1) is 6.92 Å². The van der Waals surface area contributed by atoms with Gasteiger partial charge in [-0.2, -0.15) is 0 Å². The summed E-state index contributed by atoms with van der Waals surface area (Å²) < 4.78 is 0. The summed E-state index contributed by atoms with van der Waals surface area (Å²) in [4.78, 5) is 12.8. The van der Waals surface area contributed by atoms with Crippen LogP contribution in [-0.4, -0.2) is 5.91 Å². The van der Waals surface area contributed by atoms with Crippen LogP contribution in [0.1, 0.15) is 41.3 Å². The topological polar surface area (TPSA) is 29.1 Å². The number of aryl methyl sites for hydroxylation is 1. The summed E-state index contributed by atoms with van der Waals surface area (Å²) >= 11 is 0. The van der Waals surface area contributed by atoms with Crippen molar-refractivity contribution in [2.24, 2.45) is 0 Å². The van der Waals surface area contributed by atoms with Crippen molar-refractivity contribution in [3.63, 3.8) is 0 Å². The third-order valence-corrected chi connectivity index (χ3v) is 4.20. The molecule has 0 saturated carbocycles. The molecule has 0 heterocycles. The number of carbonyl (C=O) groups is 1. The summed E-state index contributed by atoms with van der Waals surface area (Å²) in [6.07, 6.45) is 0. The Balaban J connectivity index is 2.02. The smallest absolute Gasteiger partial charge is 0.256 e. The Morgan fingerprint density at radius 1 is 0.913 bits per heavy atom. The molecule has 0 aliphatic carbocycles. The Morgan fingerprint density at radius 3 is 2.39 bits per heavy atom. The van der Waals surface area contributed by atoms with Crippen LogP contribution in [0.25, 0.3) is 10.8 Å². The molecule has 0 unspecified atom stereocenters. The number of nitrogens with one attached hydrogen (secondary N) is 1. The van der Waals surface area contributed by atoms with E-state index in [4.69, 9.17) is 0 Å². The highest BCUT2D eigenvalue weighted by atomic mass is 16.1. The first kappa shape index (κ1) is 15.3. The van der Waals surface area contributed by atoms with E-state index in [-0.39, 0.29) is 5.91 Å². The van der Waals surface area contributed by atoms with Crippen molar-refractivity contribution in [2.75, 3.05) is 5.32 Å². The molecule has 2 nitrogen and oxygen atoms in total. The van der Waals surface area contributed by atoms with Gasteiger partial charge in [0.15, 0.2) is 0 Å². The summed E-state index contributed by atoms with van der Waals surface area (Å²) in [5.74, 6) is 0.302. The van der Waals surface area contributed by atoms with Gasteiger partial charge in [0.05, 0.1) is 0 Å². The molecule has 1 amide bonds. The van der Waals surface area contributed by atoms with E-state index in [1.807, 2.05) is 61.5 Å². The van der Waals surface area contributed by atoms with E-state index in [1.54, 1.807) is 0 Å². The third kappa shape index (κ3) is 2.98. The van der Waals surface area contributed by atoms with Crippen molar-refractivity contribution < 1.29 is 4.79 Å². The summed E-state index contributed by atoms with van der Waals surface area (Å²) in [7, 11) is 0. The van der Waals surface area contributed by atoms with Crippen LogP contribution in [0.2, 0.25) is 0 Å². The Bertz CT molecular complexity index is 859. The molecule has 0 aromatic heterocycles. The Morgan fingerprint density at radius 2 is 1.61 bits per heavy atom. The fraction of sp³-hybridized carbons (Fsp3) is 0.190.